The lowest BCUT2D eigenvalue weighted by atomic mass is 10.00. The lowest BCUT2D eigenvalue weighted by Gasteiger charge is -2.28. The number of hydrogen-bond donors (Lipinski definition) is 0. The van der Waals surface area contributed by atoms with E-state index in [0.29, 0.717) is 18.1 Å². The number of unbranched alkanes of at least 4 members (excludes halogenated alkanes) is 2. The monoisotopic (exact) mass is 196 g/mol. The molecule has 82 valence electrons. The summed E-state index contributed by atoms with van der Waals surface area (Å²) in [7, 11) is 0. The van der Waals surface area contributed by atoms with Crippen LogP contribution in [0.15, 0.2) is 12.2 Å². The van der Waals surface area contributed by atoms with Gasteiger partial charge in [-0.25, -0.2) is 0 Å². The van der Waals surface area contributed by atoms with Crippen LogP contribution in [0, 0.1) is 5.92 Å². The summed E-state index contributed by atoms with van der Waals surface area (Å²) in [6.07, 6.45) is 11.7. The molecule has 1 heteroatoms. The van der Waals surface area contributed by atoms with Crippen molar-refractivity contribution < 1.29 is 4.74 Å². The predicted molar refractivity (Wildman–Crippen MR) is 61.4 cm³/mol. The zero-order chi connectivity index (χ0) is 10.4. The molecule has 0 N–H and O–H groups in total. The average Bonchev–Trinajstić information content (AvgIpc) is 2.19. The van der Waals surface area contributed by atoms with E-state index in [1.165, 1.54) is 25.7 Å². The second kappa shape index (κ2) is 6.23. The summed E-state index contributed by atoms with van der Waals surface area (Å²) < 4.78 is 6.01. The van der Waals surface area contributed by atoms with Crippen LogP contribution in [0.1, 0.15) is 52.9 Å². The van der Waals surface area contributed by atoms with Crippen molar-refractivity contribution in [1.82, 2.24) is 0 Å². The van der Waals surface area contributed by atoms with Gasteiger partial charge in [-0.05, 0) is 18.8 Å². The highest BCUT2D eigenvalue weighted by molar-refractivity contribution is 4.97. The molecule has 0 saturated heterocycles. The van der Waals surface area contributed by atoms with Crippen LogP contribution < -0.4 is 0 Å². The Kier molecular flexibility index (Phi) is 5.24. The highest BCUT2D eigenvalue weighted by atomic mass is 16.5. The van der Waals surface area contributed by atoms with Crippen LogP contribution in [-0.4, -0.2) is 12.2 Å². The fourth-order valence-electron chi connectivity index (χ4n) is 1.87. The van der Waals surface area contributed by atoms with Crippen LogP contribution in [-0.2, 0) is 4.74 Å². The van der Waals surface area contributed by atoms with Gasteiger partial charge in [0.1, 0.15) is 0 Å². The molecule has 1 heterocycles. The molecular weight excluding hydrogens is 172 g/mol. The molecule has 0 aromatic carbocycles. The average molecular weight is 196 g/mol. The number of hydrogen-bond acceptors (Lipinski definition) is 1. The van der Waals surface area contributed by atoms with E-state index in [4.69, 9.17) is 4.74 Å². The van der Waals surface area contributed by atoms with Crippen molar-refractivity contribution >= 4 is 0 Å². The van der Waals surface area contributed by atoms with Crippen molar-refractivity contribution in [2.24, 2.45) is 5.92 Å². The summed E-state index contributed by atoms with van der Waals surface area (Å²) in [5.74, 6) is 0.611. The summed E-state index contributed by atoms with van der Waals surface area (Å²) in [6.45, 7) is 6.70. The second-order valence-corrected chi connectivity index (χ2v) is 4.63. The largest absolute Gasteiger partial charge is 0.370 e. The minimum Gasteiger partial charge on any atom is -0.370 e. The molecule has 1 nitrogen and oxygen atoms in total. The highest BCUT2D eigenvalue weighted by Gasteiger charge is 2.19. The van der Waals surface area contributed by atoms with E-state index in [1.54, 1.807) is 0 Å². The molecule has 0 bridgehead atoms. The van der Waals surface area contributed by atoms with E-state index in [0.717, 1.165) is 6.42 Å². The Morgan fingerprint density at radius 2 is 2.14 bits per heavy atom. The lowest BCUT2D eigenvalue weighted by Crippen LogP contribution is -2.27. The van der Waals surface area contributed by atoms with Gasteiger partial charge in [-0.15, -0.1) is 0 Å². The maximum Gasteiger partial charge on any atom is 0.0782 e. The van der Waals surface area contributed by atoms with E-state index < -0.39 is 0 Å². The maximum atomic E-state index is 6.01. The Morgan fingerprint density at radius 3 is 2.79 bits per heavy atom. The topological polar surface area (TPSA) is 9.23 Å². The first-order valence-electron chi connectivity index (χ1n) is 6.06. The van der Waals surface area contributed by atoms with Gasteiger partial charge in [-0.1, -0.05) is 52.2 Å². The van der Waals surface area contributed by atoms with Gasteiger partial charge in [0.2, 0.25) is 0 Å². The van der Waals surface area contributed by atoms with Crippen molar-refractivity contribution in [1.29, 1.82) is 0 Å². The predicted octanol–water partition coefficient (Wildman–Crippen LogP) is 3.94. The normalized spacial score (nSPS) is 27.1. The first-order valence-corrected chi connectivity index (χ1v) is 6.06. The summed E-state index contributed by atoms with van der Waals surface area (Å²) >= 11 is 0. The van der Waals surface area contributed by atoms with Crippen LogP contribution in [0.4, 0.5) is 0 Å². The molecule has 1 aliphatic rings. The van der Waals surface area contributed by atoms with Crippen LogP contribution in [0.5, 0.6) is 0 Å². The summed E-state index contributed by atoms with van der Waals surface area (Å²) in [5.41, 5.74) is 0. The van der Waals surface area contributed by atoms with Crippen molar-refractivity contribution in [2.75, 3.05) is 0 Å². The molecule has 0 aliphatic carbocycles. The van der Waals surface area contributed by atoms with Gasteiger partial charge in [0, 0.05) is 0 Å². The minimum atomic E-state index is 0.357. The maximum absolute atomic E-state index is 6.01. The molecule has 0 spiro atoms. The second-order valence-electron chi connectivity index (χ2n) is 4.63. The SMILES string of the molecule is CCCCC[C@H]1CC=C[C@@H](C(C)C)O1. The van der Waals surface area contributed by atoms with Crippen LogP contribution >= 0.6 is 0 Å². The third-order valence-corrected chi connectivity index (χ3v) is 2.86. The van der Waals surface area contributed by atoms with E-state index in [1.807, 2.05) is 0 Å². The van der Waals surface area contributed by atoms with Gasteiger partial charge >= 0.3 is 0 Å². The summed E-state index contributed by atoms with van der Waals surface area (Å²) in [6, 6.07) is 0. The third-order valence-electron chi connectivity index (χ3n) is 2.86. The van der Waals surface area contributed by atoms with Crippen LogP contribution in [0.2, 0.25) is 0 Å². The molecule has 0 saturated carbocycles. The fraction of sp³-hybridized carbons (Fsp3) is 0.846. The minimum absolute atomic E-state index is 0.357. The molecule has 0 aromatic heterocycles. The Hall–Kier alpha value is -0.300. The van der Waals surface area contributed by atoms with Gasteiger partial charge in [0.25, 0.3) is 0 Å². The number of ether oxygens (including phenoxy) is 1. The molecule has 0 unspecified atom stereocenters. The van der Waals surface area contributed by atoms with Crippen molar-refractivity contribution in [2.45, 2.75) is 65.1 Å². The van der Waals surface area contributed by atoms with Gasteiger partial charge in [0.15, 0.2) is 0 Å². The Balaban J connectivity index is 2.25. The molecule has 0 aromatic rings. The quantitative estimate of drug-likeness (QED) is 0.478. The van der Waals surface area contributed by atoms with Crippen molar-refractivity contribution in [3.8, 4) is 0 Å². The first-order chi connectivity index (χ1) is 6.74. The molecule has 2 atom stereocenters. The Morgan fingerprint density at radius 1 is 1.36 bits per heavy atom. The van der Waals surface area contributed by atoms with E-state index >= 15 is 0 Å². The van der Waals surface area contributed by atoms with Crippen molar-refractivity contribution in [3.05, 3.63) is 12.2 Å². The van der Waals surface area contributed by atoms with Gasteiger partial charge < -0.3 is 4.74 Å². The molecule has 0 amide bonds. The van der Waals surface area contributed by atoms with Crippen LogP contribution in [0.3, 0.4) is 0 Å². The van der Waals surface area contributed by atoms with E-state index in [9.17, 15) is 0 Å². The zero-order valence-corrected chi connectivity index (χ0v) is 9.83. The first kappa shape index (κ1) is 11.8. The molecule has 0 fully saturated rings. The van der Waals surface area contributed by atoms with E-state index in [-0.39, 0.29) is 0 Å². The Bertz CT molecular complexity index is 172. The molecule has 1 aliphatic heterocycles. The third kappa shape index (κ3) is 3.83. The zero-order valence-electron chi connectivity index (χ0n) is 9.83. The fourth-order valence-corrected chi connectivity index (χ4v) is 1.87. The highest BCUT2D eigenvalue weighted by Crippen LogP contribution is 2.21. The number of rotatable bonds is 5. The van der Waals surface area contributed by atoms with E-state index in [2.05, 4.69) is 32.9 Å². The summed E-state index contributed by atoms with van der Waals surface area (Å²) in [5, 5.41) is 0. The molecular formula is C13H24O. The van der Waals surface area contributed by atoms with Gasteiger partial charge in [-0.2, -0.15) is 0 Å². The standard InChI is InChI=1S/C13H24O/c1-4-5-6-8-12-9-7-10-13(14-12)11(2)3/h7,10-13H,4-6,8-9H2,1-3H3/t12-,13-/m0/s1. The molecule has 1 rings (SSSR count). The van der Waals surface area contributed by atoms with Crippen LogP contribution in [0.25, 0.3) is 0 Å². The van der Waals surface area contributed by atoms with Crippen molar-refractivity contribution in [3.63, 3.8) is 0 Å². The lowest BCUT2D eigenvalue weighted by molar-refractivity contribution is -0.0207. The molecule has 14 heavy (non-hydrogen) atoms. The van der Waals surface area contributed by atoms with Gasteiger partial charge in [0.05, 0.1) is 12.2 Å². The summed E-state index contributed by atoms with van der Waals surface area (Å²) in [4.78, 5) is 0. The smallest absolute Gasteiger partial charge is 0.0782 e. The van der Waals surface area contributed by atoms with Gasteiger partial charge in [-0.3, -0.25) is 0 Å². The molecule has 0 radical (unpaired) electrons. The Labute approximate surface area is 88.5 Å².